The van der Waals surface area contributed by atoms with E-state index in [2.05, 4.69) is 60.8 Å². The quantitative estimate of drug-likeness (QED) is 0.168. The Hall–Kier alpha value is -5.76. The molecule has 0 unspecified atom stereocenters. The number of allylic oxidation sites excluding steroid dienone is 4. The Kier molecular flexibility index (Phi) is 8.58. The SMILES string of the molecule is C=Cc1c(C)c2cc3c(C=C)c(C)c(cc4nc(cc5nc(cc1[nH]2)C(C)=C5CCC(=O)O)C(CCC(=O)O)=C4C)n3-c1ccccc1. The number of benzene rings is 1. The van der Waals surface area contributed by atoms with E-state index in [1.165, 1.54) is 0 Å². The fourth-order valence-electron chi connectivity index (χ4n) is 6.75. The number of hydrogen-bond acceptors (Lipinski definition) is 4. The van der Waals surface area contributed by atoms with E-state index in [-0.39, 0.29) is 12.8 Å². The van der Waals surface area contributed by atoms with Gasteiger partial charge in [-0.3, -0.25) is 9.59 Å². The Morgan fingerprint density at radius 2 is 1.27 bits per heavy atom. The molecule has 8 heteroatoms. The highest BCUT2D eigenvalue weighted by molar-refractivity contribution is 5.97. The maximum Gasteiger partial charge on any atom is 0.303 e. The van der Waals surface area contributed by atoms with Crippen molar-refractivity contribution >= 4 is 68.4 Å². The van der Waals surface area contributed by atoms with E-state index in [0.29, 0.717) is 29.9 Å². The van der Waals surface area contributed by atoms with Gasteiger partial charge in [0.1, 0.15) is 0 Å². The molecule has 0 aliphatic carbocycles. The number of carboxylic acids is 2. The van der Waals surface area contributed by atoms with Crippen LogP contribution in [0.5, 0.6) is 0 Å². The molecule has 8 bridgehead atoms. The molecule has 4 aromatic rings. The van der Waals surface area contributed by atoms with Crippen LogP contribution >= 0.6 is 0 Å². The molecule has 0 amide bonds. The topological polar surface area (TPSA) is 121 Å². The second-order valence-corrected chi connectivity index (χ2v) is 12.2. The molecule has 5 heterocycles. The summed E-state index contributed by atoms with van der Waals surface area (Å²) < 4.78 is 2.21. The zero-order chi connectivity index (χ0) is 34.3. The molecule has 48 heavy (non-hydrogen) atoms. The minimum absolute atomic E-state index is 0.0483. The Labute approximate surface area is 279 Å². The van der Waals surface area contributed by atoms with Gasteiger partial charge in [-0.1, -0.05) is 43.5 Å². The van der Waals surface area contributed by atoms with Crippen molar-refractivity contribution in [2.24, 2.45) is 0 Å². The summed E-state index contributed by atoms with van der Waals surface area (Å²) in [6.07, 6.45) is 4.20. The predicted molar refractivity (Wildman–Crippen MR) is 194 cm³/mol. The van der Waals surface area contributed by atoms with E-state index in [4.69, 9.17) is 9.97 Å². The Morgan fingerprint density at radius 1 is 0.708 bits per heavy atom. The molecule has 242 valence electrons. The van der Waals surface area contributed by atoms with Crippen LogP contribution in [0.25, 0.3) is 62.2 Å². The lowest BCUT2D eigenvalue weighted by Gasteiger charge is -2.07. The number of aromatic nitrogens is 4. The lowest BCUT2D eigenvalue weighted by Crippen LogP contribution is -1.97. The lowest BCUT2D eigenvalue weighted by molar-refractivity contribution is -0.137. The van der Waals surface area contributed by atoms with Crippen LogP contribution in [-0.2, 0) is 9.59 Å². The molecule has 0 fully saturated rings. The van der Waals surface area contributed by atoms with Gasteiger partial charge in [0.25, 0.3) is 0 Å². The number of aromatic amines is 1. The average Bonchev–Trinajstić information content (AvgIpc) is 3.70. The van der Waals surface area contributed by atoms with Crippen molar-refractivity contribution in [3.05, 3.63) is 113 Å². The zero-order valence-corrected chi connectivity index (χ0v) is 27.6. The van der Waals surface area contributed by atoms with Gasteiger partial charge in [-0.05, 0) is 110 Å². The first-order valence-corrected chi connectivity index (χ1v) is 15.9. The number of para-hydroxylation sites is 1. The molecular weight excluding hydrogens is 600 g/mol. The molecule has 0 radical (unpaired) electrons. The molecule has 0 spiro atoms. The van der Waals surface area contributed by atoms with E-state index in [1.807, 2.05) is 56.3 Å². The second kappa shape index (κ2) is 12.8. The molecular formula is C40H38N4O4. The van der Waals surface area contributed by atoms with Crippen molar-refractivity contribution in [1.82, 2.24) is 19.5 Å². The highest BCUT2D eigenvalue weighted by Crippen LogP contribution is 2.39. The molecule has 2 aliphatic rings. The molecule has 6 rings (SSSR count). The second-order valence-electron chi connectivity index (χ2n) is 12.2. The molecule has 0 saturated carbocycles. The maximum atomic E-state index is 11.7. The van der Waals surface area contributed by atoms with Gasteiger partial charge in [0.2, 0.25) is 0 Å². The van der Waals surface area contributed by atoms with Crippen LogP contribution in [0.1, 0.15) is 84.6 Å². The van der Waals surface area contributed by atoms with Crippen molar-refractivity contribution in [2.45, 2.75) is 53.4 Å². The number of nitrogens with zero attached hydrogens (tertiary/aromatic N) is 3. The summed E-state index contributed by atoms with van der Waals surface area (Å²) in [7, 11) is 0. The number of rotatable bonds is 9. The van der Waals surface area contributed by atoms with Crippen LogP contribution in [0, 0.1) is 13.8 Å². The van der Waals surface area contributed by atoms with Gasteiger partial charge < -0.3 is 19.8 Å². The fraction of sp³-hybridized carbons (Fsp3) is 0.200. The van der Waals surface area contributed by atoms with E-state index in [0.717, 1.165) is 78.0 Å². The van der Waals surface area contributed by atoms with Crippen LogP contribution in [0.4, 0.5) is 0 Å². The molecule has 8 nitrogen and oxygen atoms in total. The Balaban J connectivity index is 1.83. The standard InChI is InChI=1S/C40H38N4O4/c1-7-27-22(3)33-21-38-28(8-2)25(6)37(44(38)26-12-10-9-11-13-26)20-32-24(5)30(15-17-40(47)48)36(43-32)19-35-29(14-16-39(45)46)23(4)31(41-35)18-34(27)42-33/h7-13,18-21,42H,1-2,14-17H2,3-6H3,(H,45,46)(H,47,48). The molecule has 0 saturated heterocycles. The normalized spacial score (nSPS) is 12.8. The summed E-state index contributed by atoms with van der Waals surface area (Å²) in [5.41, 5.74) is 14.7. The highest BCUT2D eigenvalue weighted by atomic mass is 16.4. The monoisotopic (exact) mass is 638 g/mol. The summed E-state index contributed by atoms with van der Waals surface area (Å²) >= 11 is 0. The van der Waals surface area contributed by atoms with E-state index in [9.17, 15) is 19.8 Å². The van der Waals surface area contributed by atoms with Crippen LogP contribution < -0.4 is 0 Å². The third-order valence-electron chi connectivity index (χ3n) is 9.40. The first-order chi connectivity index (χ1) is 23.0. The zero-order valence-electron chi connectivity index (χ0n) is 27.6. The average molecular weight is 639 g/mol. The predicted octanol–water partition coefficient (Wildman–Crippen LogP) is 9.27. The van der Waals surface area contributed by atoms with Crippen molar-refractivity contribution < 1.29 is 19.8 Å². The fourth-order valence-corrected chi connectivity index (χ4v) is 6.75. The van der Waals surface area contributed by atoms with Crippen molar-refractivity contribution in [2.75, 3.05) is 0 Å². The molecule has 1 aromatic carbocycles. The minimum atomic E-state index is -0.894. The molecule has 2 aliphatic heterocycles. The highest BCUT2D eigenvalue weighted by Gasteiger charge is 2.23. The lowest BCUT2D eigenvalue weighted by atomic mass is 9.98. The number of hydrogen-bond donors (Lipinski definition) is 3. The molecule has 3 aromatic heterocycles. The van der Waals surface area contributed by atoms with Crippen LogP contribution in [-0.4, -0.2) is 41.7 Å². The maximum absolute atomic E-state index is 11.7. The number of aryl methyl sites for hydroxylation is 2. The smallest absolute Gasteiger partial charge is 0.303 e. The van der Waals surface area contributed by atoms with Gasteiger partial charge in [0.15, 0.2) is 0 Å². The number of fused-ring (bicyclic) bond motifs is 8. The molecule has 0 atom stereocenters. The number of H-pyrrole nitrogens is 1. The largest absolute Gasteiger partial charge is 0.481 e. The third kappa shape index (κ3) is 5.70. The number of nitrogens with one attached hydrogen (secondary N) is 1. The summed E-state index contributed by atoms with van der Waals surface area (Å²) in [6, 6.07) is 18.2. The van der Waals surface area contributed by atoms with E-state index >= 15 is 0 Å². The third-order valence-corrected chi connectivity index (χ3v) is 9.40. The Morgan fingerprint density at radius 3 is 1.81 bits per heavy atom. The van der Waals surface area contributed by atoms with E-state index in [1.54, 1.807) is 0 Å². The first-order valence-electron chi connectivity index (χ1n) is 15.9. The summed E-state index contributed by atoms with van der Waals surface area (Å²) in [6.45, 7) is 16.4. The summed E-state index contributed by atoms with van der Waals surface area (Å²) in [5, 5.41) is 19.2. The van der Waals surface area contributed by atoms with Crippen molar-refractivity contribution in [3.8, 4) is 5.69 Å². The van der Waals surface area contributed by atoms with Gasteiger partial charge in [-0.2, -0.15) is 0 Å². The van der Waals surface area contributed by atoms with Gasteiger partial charge in [0.05, 0.1) is 33.8 Å². The van der Waals surface area contributed by atoms with Gasteiger partial charge in [-0.15, -0.1) is 0 Å². The summed E-state index contributed by atoms with van der Waals surface area (Å²) in [4.78, 5) is 37.1. The van der Waals surface area contributed by atoms with Crippen LogP contribution in [0.2, 0.25) is 0 Å². The summed E-state index contributed by atoms with van der Waals surface area (Å²) in [5.74, 6) is -1.79. The van der Waals surface area contributed by atoms with Gasteiger partial charge >= 0.3 is 11.9 Å². The van der Waals surface area contributed by atoms with Crippen molar-refractivity contribution in [1.29, 1.82) is 0 Å². The number of carbonyl (C=O) groups is 2. The molecule has 3 N–H and O–H groups in total. The van der Waals surface area contributed by atoms with Crippen LogP contribution in [0.3, 0.4) is 0 Å². The number of aliphatic carboxylic acids is 2. The van der Waals surface area contributed by atoms with Gasteiger partial charge in [-0.25, -0.2) is 9.97 Å². The first kappa shape index (κ1) is 32.2. The van der Waals surface area contributed by atoms with Crippen molar-refractivity contribution in [3.63, 3.8) is 0 Å². The Bertz CT molecular complexity index is 2270. The number of carboxylic acid groups (broad SMARTS) is 2. The van der Waals surface area contributed by atoms with Gasteiger partial charge in [0, 0.05) is 40.7 Å². The van der Waals surface area contributed by atoms with Crippen LogP contribution in [0.15, 0.2) is 67.8 Å². The van der Waals surface area contributed by atoms with E-state index < -0.39 is 11.9 Å². The minimum Gasteiger partial charge on any atom is -0.481 e.